The first-order valence-electron chi connectivity index (χ1n) is 14.4. The number of allylic oxidation sites excluding steroid dienone is 6. The minimum Gasteiger partial charge on any atom is -0.383 e. The van der Waals surface area contributed by atoms with E-state index in [0.717, 1.165) is 36.8 Å². The molecule has 1 heterocycles. The standard InChI is InChI=1S/C34H39N3O4S/c1-4-16-41-37-25-10-6-11-26(20-25)42(40)22(3)33(38)32-30(19-23-8-5-9-24(35)18-23)27-14-13-21(2)17-29(27)31(32)28-12-7-15-36-34(28)39/h4,6-8,10-12,14-15,17,20-21,24,30,33,37-38H,1,3,5,9,13,16,18-19,35H2,2H3,(H,36,39). The molecule has 3 aliphatic carbocycles. The second-order valence-electron chi connectivity index (χ2n) is 11.2. The largest absolute Gasteiger partial charge is 0.383 e. The fraction of sp³-hybridized carbons (Fsp3) is 0.324. The second-order valence-corrected chi connectivity index (χ2v) is 12.8. The third kappa shape index (κ3) is 6.27. The van der Waals surface area contributed by atoms with E-state index < -0.39 is 16.9 Å². The Hall–Kier alpha value is -3.56. The third-order valence-corrected chi connectivity index (χ3v) is 9.49. The summed E-state index contributed by atoms with van der Waals surface area (Å²) in [6.07, 6.45) is 12.9. The summed E-state index contributed by atoms with van der Waals surface area (Å²) in [7, 11) is -1.75. The number of hydrogen-bond donors (Lipinski definition) is 4. The van der Waals surface area contributed by atoms with Crippen LogP contribution in [-0.2, 0) is 15.6 Å². The van der Waals surface area contributed by atoms with Gasteiger partial charge in [0.25, 0.3) is 5.56 Å². The number of hydrogen-bond acceptors (Lipinski definition) is 6. The van der Waals surface area contributed by atoms with Gasteiger partial charge in [0.1, 0.15) is 6.10 Å². The number of benzene rings is 1. The van der Waals surface area contributed by atoms with Gasteiger partial charge in [-0.25, -0.2) is 4.21 Å². The number of nitrogens with two attached hydrogens (primary N) is 1. The molecule has 42 heavy (non-hydrogen) atoms. The van der Waals surface area contributed by atoms with Gasteiger partial charge in [0.15, 0.2) is 0 Å². The fourth-order valence-electron chi connectivity index (χ4n) is 6.13. The number of nitrogens with one attached hydrogen (secondary N) is 2. The number of rotatable bonds is 11. The number of aromatic nitrogens is 1. The molecule has 0 radical (unpaired) electrons. The highest BCUT2D eigenvalue weighted by Crippen LogP contribution is 2.52. The summed E-state index contributed by atoms with van der Waals surface area (Å²) >= 11 is 0. The molecular weight excluding hydrogens is 546 g/mol. The van der Waals surface area contributed by atoms with E-state index in [1.54, 1.807) is 48.7 Å². The van der Waals surface area contributed by atoms with E-state index >= 15 is 0 Å². The Morgan fingerprint density at radius 1 is 1.31 bits per heavy atom. The molecule has 220 valence electrons. The molecule has 0 saturated carbocycles. The number of aliphatic hydroxyl groups is 1. The summed E-state index contributed by atoms with van der Waals surface area (Å²) in [4.78, 5) is 21.9. The highest BCUT2D eigenvalue weighted by atomic mass is 32.2. The summed E-state index contributed by atoms with van der Waals surface area (Å²) < 4.78 is 13.9. The Bertz CT molecular complexity index is 1580. The molecule has 5 unspecified atom stereocenters. The summed E-state index contributed by atoms with van der Waals surface area (Å²) in [6, 6.07) is 10.7. The van der Waals surface area contributed by atoms with Gasteiger partial charge < -0.3 is 15.8 Å². The first kappa shape index (κ1) is 29.9. The van der Waals surface area contributed by atoms with Crippen molar-refractivity contribution in [3.05, 3.63) is 123 Å². The Morgan fingerprint density at radius 2 is 2.14 bits per heavy atom. The van der Waals surface area contributed by atoms with E-state index in [-0.39, 0.29) is 28.3 Å². The van der Waals surface area contributed by atoms with Crippen LogP contribution >= 0.6 is 0 Å². The topological polar surface area (TPSA) is 117 Å². The maximum Gasteiger partial charge on any atom is 0.255 e. The maximum absolute atomic E-state index is 13.9. The summed E-state index contributed by atoms with van der Waals surface area (Å²) in [6.45, 7) is 10.2. The van der Waals surface area contributed by atoms with Crippen molar-refractivity contribution in [3.8, 4) is 0 Å². The lowest BCUT2D eigenvalue weighted by Gasteiger charge is -2.27. The van der Waals surface area contributed by atoms with E-state index in [2.05, 4.69) is 48.8 Å². The molecule has 0 fully saturated rings. The Labute approximate surface area is 249 Å². The molecule has 1 aromatic carbocycles. The zero-order valence-electron chi connectivity index (χ0n) is 24.0. The molecule has 0 saturated heterocycles. The average Bonchev–Trinajstić information content (AvgIpc) is 3.29. The lowest BCUT2D eigenvalue weighted by Crippen LogP contribution is -2.26. The number of anilines is 1. The highest BCUT2D eigenvalue weighted by molar-refractivity contribution is 7.89. The summed E-state index contributed by atoms with van der Waals surface area (Å²) in [5, 5.41) is 12.1. The lowest BCUT2D eigenvalue weighted by atomic mass is 9.80. The van der Waals surface area contributed by atoms with Gasteiger partial charge in [0.2, 0.25) is 0 Å². The molecule has 1 aromatic heterocycles. The van der Waals surface area contributed by atoms with Crippen molar-refractivity contribution in [2.45, 2.75) is 56.1 Å². The molecule has 0 amide bonds. The van der Waals surface area contributed by atoms with Crippen LogP contribution in [-0.4, -0.2) is 33.1 Å². The predicted molar refractivity (Wildman–Crippen MR) is 170 cm³/mol. The van der Waals surface area contributed by atoms with Crippen molar-refractivity contribution in [1.29, 1.82) is 0 Å². The van der Waals surface area contributed by atoms with Crippen molar-refractivity contribution < 1.29 is 14.2 Å². The van der Waals surface area contributed by atoms with E-state index in [9.17, 15) is 14.1 Å². The third-order valence-electron chi connectivity index (χ3n) is 8.11. The zero-order valence-corrected chi connectivity index (χ0v) is 24.8. The van der Waals surface area contributed by atoms with Gasteiger partial charge in [-0.05, 0) is 90.6 Å². The van der Waals surface area contributed by atoms with Crippen LogP contribution in [0.15, 0.2) is 117 Å². The van der Waals surface area contributed by atoms with E-state index in [0.29, 0.717) is 40.3 Å². The second kappa shape index (κ2) is 13.2. The smallest absolute Gasteiger partial charge is 0.255 e. The number of pyridine rings is 1. The summed E-state index contributed by atoms with van der Waals surface area (Å²) in [5.74, 6) is 0.0795. The number of aromatic amines is 1. The normalized spacial score (nSPS) is 23.3. The molecule has 7 nitrogen and oxygen atoms in total. The molecule has 0 bridgehead atoms. The van der Waals surface area contributed by atoms with Crippen LogP contribution in [0, 0.1) is 11.8 Å². The molecule has 0 spiro atoms. The van der Waals surface area contributed by atoms with Gasteiger partial charge in [0, 0.05) is 33.5 Å². The minimum atomic E-state index is -1.75. The molecule has 3 aliphatic rings. The van der Waals surface area contributed by atoms with Gasteiger partial charge in [-0.2, -0.15) is 0 Å². The average molecular weight is 586 g/mol. The monoisotopic (exact) mass is 585 g/mol. The zero-order chi connectivity index (χ0) is 29.8. The van der Waals surface area contributed by atoms with Gasteiger partial charge in [-0.15, -0.1) is 6.58 Å². The van der Waals surface area contributed by atoms with E-state index in [1.165, 1.54) is 5.57 Å². The van der Waals surface area contributed by atoms with Crippen molar-refractivity contribution in [2.75, 3.05) is 12.1 Å². The van der Waals surface area contributed by atoms with Crippen molar-refractivity contribution in [3.63, 3.8) is 0 Å². The first-order valence-corrected chi connectivity index (χ1v) is 15.6. The Kier molecular flexibility index (Phi) is 9.38. The molecular formula is C34H39N3O4S. The van der Waals surface area contributed by atoms with Gasteiger partial charge in [-0.3, -0.25) is 15.1 Å². The van der Waals surface area contributed by atoms with Crippen LogP contribution in [0.25, 0.3) is 5.57 Å². The molecule has 5 N–H and O–H groups in total. The number of fused-ring (bicyclic) bond motifs is 1. The van der Waals surface area contributed by atoms with Gasteiger partial charge in [-0.1, -0.05) is 49.4 Å². The van der Waals surface area contributed by atoms with Crippen molar-refractivity contribution >= 4 is 22.1 Å². The first-order chi connectivity index (χ1) is 20.3. The van der Waals surface area contributed by atoms with Crippen molar-refractivity contribution in [2.24, 2.45) is 17.6 Å². The highest BCUT2D eigenvalue weighted by Gasteiger charge is 2.41. The van der Waals surface area contributed by atoms with Crippen LogP contribution in [0.3, 0.4) is 0 Å². The molecule has 8 heteroatoms. The van der Waals surface area contributed by atoms with Crippen LogP contribution in [0.4, 0.5) is 5.69 Å². The van der Waals surface area contributed by atoms with Crippen LogP contribution < -0.4 is 16.8 Å². The van der Waals surface area contributed by atoms with Crippen LogP contribution in [0.2, 0.25) is 0 Å². The van der Waals surface area contributed by atoms with Crippen LogP contribution in [0.5, 0.6) is 0 Å². The van der Waals surface area contributed by atoms with E-state index in [4.69, 9.17) is 10.6 Å². The summed E-state index contributed by atoms with van der Waals surface area (Å²) in [5.41, 5.74) is 14.7. The van der Waals surface area contributed by atoms with Crippen LogP contribution in [0.1, 0.15) is 44.6 Å². The quantitative estimate of drug-likeness (QED) is 0.153. The molecule has 2 aromatic rings. The number of H-pyrrole nitrogens is 1. The molecule has 5 atom stereocenters. The fourth-order valence-corrected chi connectivity index (χ4v) is 7.20. The van der Waals surface area contributed by atoms with Gasteiger partial charge in [0.05, 0.1) is 23.1 Å². The lowest BCUT2D eigenvalue weighted by molar-refractivity contribution is 0.228. The maximum atomic E-state index is 13.9. The van der Waals surface area contributed by atoms with Crippen molar-refractivity contribution in [1.82, 2.24) is 4.98 Å². The minimum absolute atomic E-state index is 0.106. The molecule has 5 rings (SSSR count). The number of aliphatic hydroxyl groups excluding tert-OH is 1. The Morgan fingerprint density at radius 3 is 2.90 bits per heavy atom. The Balaban J connectivity index is 1.58. The predicted octanol–water partition coefficient (Wildman–Crippen LogP) is 5.69. The van der Waals surface area contributed by atoms with Gasteiger partial charge >= 0.3 is 0 Å². The van der Waals surface area contributed by atoms with E-state index in [1.807, 2.05) is 0 Å². The SMILES string of the molecule is C=CCONc1cccc(S(=O)C(=C)C(O)C2=C(c3ccc[nH]c3=O)C3=CC(C)CC=C3C2CC2=CCCC(N)C2)c1. The molecule has 0 aliphatic heterocycles.